The summed E-state index contributed by atoms with van der Waals surface area (Å²) in [5.41, 5.74) is 0.765. The minimum Gasteiger partial charge on any atom is -0.310 e. The molecule has 0 radical (unpaired) electrons. The second kappa shape index (κ2) is 4.75. The maximum atomic E-state index is 12.1. The first-order valence-electron chi connectivity index (χ1n) is 6.23. The van der Waals surface area contributed by atoms with Gasteiger partial charge < -0.3 is 4.98 Å². The molecule has 7 heteroatoms. The van der Waals surface area contributed by atoms with Crippen LogP contribution in [0.15, 0.2) is 17.1 Å². The molecule has 20 heavy (non-hydrogen) atoms. The van der Waals surface area contributed by atoms with E-state index in [0.29, 0.717) is 17.6 Å². The summed E-state index contributed by atoms with van der Waals surface area (Å²) in [6.07, 6.45) is 2.20. The van der Waals surface area contributed by atoms with Gasteiger partial charge >= 0.3 is 0 Å². The fraction of sp³-hybridized carbons (Fsp3) is 0.385. The van der Waals surface area contributed by atoms with Crippen LogP contribution in [-0.2, 0) is 11.8 Å². The SMILES string of the molecule is CC(C)(C)c1cc2c(=O)[nH]c(Cc3cnsn3)nc2s1. The van der Waals surface area contributed by atoms with Crippen molar-refractivity contribution in [3.63, 3.8) is 0 Å². The van der Waals surface area contributed by atoms with Crippen molar-refractivity contribution in [2.24, 2.45) is 0 Å². The van der Waals surface area contributed by atoms with Crippen LogP contribution in [0.3, 0.4) is 0 Å². The smallest absolute Gasteiger partial charge is 0.259 e. The van der Waals surface area contributed by atoms with Gasteiger partial charge in [0.25, 0.3) is 5.56 Å². The highest BCUT2D eigenvalue weighted by Gasteiger charge is 2.19. The number of H-pyrrole nitrogens is 1. The van der Waals surface area contributed by atoms with Gasteiger partial charge in [-0.25, -0.2) is 4.98 Å². The molecule has 3 aromatic heterocycles. The van der Waals surface area contributed by atoms with Gasteiger partial charge in [-0.05, 0) is 11.5 Å². The first kappa shape index (κ1) is 13.4. The van der Waals surface area contributed by atoms with E-state index in [-0.39, 0.29) is 11.0 Å². The van der Waals surface area contributed by atoms with Crippen LogP contribution in [0, 0.1) is 0 Å². The zero-order chi connectivity index (χ0) is 14.3. The fourth-order valence-electron chi connectivity index (χ4n) is 1.86. The molecule has 1 N–H and O–H groups in total. The number of aromatic nitrogens is 4. The minimum atomic E-state index is -0.0834. The quantitative estimate of drug-likeness (QED) is 0.790. The molecule has 0 saturated heterocycles. The van der Waals surface area contributed by atoms with Crippen molar-refractivity contribution in [3.05, 3.63) is 39.0 Å². The number of aromatic amines is 1. The normalized spacial score (nSPS) is 12.2. The molecule has 0 amide bonds. The highest BCUT2D eigenvalue weighted by molar-refractivity contribution is 7.18. The Labute approximate surface area is 124 Å². The van der Waals surface area contributed by atoms with Gasteiger partial charge in [-0.1, -0.05) is 20.8 Å². The molecule has 0 unspecified atom stereocenters. The van der Waals surface area contributed by atoms with Crippen LogP contribution in [0.25, 0.3) is 10.2 Å². The first-order chi connectivity index (χ1) is 9.43. The van der Waals surface area contributed by atoms with Gasteiger partial charge in [0.1, 0.15) is 10.7 Å². The third-order valence-corrected chi connectivity index (χ3v) is 4.92. The summed E-state index contributed by atoms with van der Waals surface area (Å²) in [7, 11) is 0. The van der Waals surface area contributed by atoms with E-state index in [1.165, 1.54) is 0 Å². The maximum absolute atomic E-state index is 12.1. The van der Waals surface area contributed by atoms with Crippen LogP contribution in [0.2, 0.25) is 0 Å². The summed E-state index contributed by atoms with van der Waals surface area (Å²) >= 11 is 2.74. The van der Waals surface area contributed by atoms with Gasteiger partial charge in [0, 0.05) is 4.88 Å². The van der Waals surface area contributed by atoms with Crippen molar-refractivity contribution in [2.75, 3.05) is 0 Å². The number of hydrogen-bond acceptors (Lipinski definition) is 6. The molecule has 0 atom stereocenters. The molecule has 5 nitrogen and oxygen atoms in total. The second-order valence-electron chi connectivity index (χ2n) is 5.67. The molecule has 0 bridgehead atoms. The monoisotopic (exact) mass is 306 g/mol. The third-order valence-electron chi connectivity index (χ3n) is 2.95. The summed E-state index contributed by atoms with van der Waals surface area (Å²) in [6.45, 7) is 6.40. The molecule has 0 saturated carbocycles. The van der Waals surface area contributed by atoms with Gasteiger partial charge in [0.05, 0.1) is 35.4 Å². The molecule has 104 valence electrons. The van der Waals surface area contributed by atoms with Gasteiger partial charge in [0.15, 0.2) is 0 Å². The van der Waals surface area contributed by atoms with Crippen LogP contribution in [0.1, 0.15) is 37.2 Å². The summed E-state index contributed by atoms with van der Waals surface area (Å²) in [5, 5.41) is 0.667. The lowest BCUT2D eigenvalue weighted by atomic mass is 9.94. The van der Waals surface area contributed by atoms with Crippen LogP contribution in [0.5, 0.6) is 0 Å². The van der Waals surface area contributed by atoms with Crippen LogP contribution in [-0.4, -0.2) is 18.7 Å². The van der Waals surface area contributed by atoms with Crippen molar-refractivity contribution in [2.45, 2.75) is 32.6 Å². The van der Waals surface area contributed by atoms with Crippen molar-refractivity contribution in [3.8, 4) is 0 Å². The van der Waals surface area contributed by atoms with E-state index in [0.717, 1.165) is 27.1 Å². The van der Waals surface area contributed by atoms with E-state index in [1.807, 2.05) is 6.07 Å². The van der Waals surface area contributed by atoms with Gasteiger partial charge in [-0.2, -0.15) is 8.75 Å². The molecule has 0 spiro atoms. The van der Waals surface area contributed by atoms with Gasteiger partial charge in [-0.15, -0.1) is 11.3 Å². The fourth-order valence-corrected chi connectivity index (χ4v) is 3.40. The zero-order valence-corrected chi connectivity index (χ0v) is 13.1. The van der Waals surface area contributed by atoms with Crippen molar-refractivity contribution < 1.29 is 0 Å². The molecule has 3 heterocycles. The predicted molar refractivity (Wildman–Crippen MR) is 81.7 cm³/mol. The average molecular weight is 306 g/mol. The lowest BCUT2D eigenvalue weighted by Crippen LogP contribution is -2.11. The molecule has 0 aliphatic heterocycles. The van der Waals surface area contributed by atoms with E-state index in [1.54, 1.807) is 17.5 Å². The molecular formula is C13H14N4OS2. The highest BCUT2D eigenvalue weighted by atomic mass is 32.1. The molecule has 0 aliphatic carbocycles. The summed E-state index contributed by atoms with van der Waals surface area (Å²) in [5.74, 6) is 0.637. The van der Waals surface area contributed by atoms with E-state index in [4.69, 9.17) is 0 Å². The predicted octanol–water partition coefficient (Wildman–Crippen LogP) is 2.72. The zero-order valence-electron chi connectivity index (χ0n) is 11.4. The Bertz CT molecular complexity index is 796. The Kier molecular flexibility index (Phi) is 3.18. The summed E-state index contributed by atoms with van der Waals surface area (Å²) in [6, 6.07) is 1.94. The number of nitrogens with zero attached hydrogens (tertiary/aromatic N) is 3. The Morgan fingerprint density at radius 2 is 2.15 bits per heavy atom. The molecular weight excluding hydrogens is 292 g/mol. The number of fused-ring (bicyclic) bond motifs is 1. The Morgan fingerprint density at radius 3 is 2.80 bits per heavy atom. The topological polar surface area (TPSA) is 71.5 Å². The lowest BCUT2D eigenvalue weighted by Gasteiger charge is -2.14. The van der Waals surface area contributed by atoms with Gasteiger partial charge in [0.2, 0.25) is 0 Å². The second-order valence-corrected chi connectivity index (χ2v) is 7.26. The lowest BCUT2D eigenvalue weighted by molar-refractivity contribution is 0.604. The van der Waals surface area contributed by atoms with Crippen molar-refractivity contribution in [1.82, 2.24) is 18.7 Å². The Balaban J connectivity index is 2.07. The number of nitrogens with one attached hydrogen (secondary N) is 1. The van der Waals surface area contributed by atoms with E-state index in [9.17, 15) is 4.79 Å². The third kappa shape index (κ3) is 2.51. The van der Waals surface area contributed by atoms with E-state index in [2.05, 4.69) is 39.5 Å². The Hall–Kier alpha value is -1.60. The minimum absolute atomic E-state index is 0.0246. The molecule has 3 aromatic rings. The molecule has 0 aliphatic rings. The standard InChI is InChI=1S/C13H14N4OS2/c1-13(2,3)9-5-8-11(18)15-10(16-12(8)19-9)4-7-6-14-20-17-7/h5-6H,4H2,1-3H3,(H,15,16,18). The largest absolute Gasteiger partial charge is 0.310 e. The molecule has 0 fully saturated rings. The Morgan fingerprint density at radius 1 is 1.35 bits per heavy atom. The number of thiophene rings is 1. The van der Waals surface area contributed by atoms with Crippen LogP contribution >= 0.6 is 23.1 Å². The summed E-state index contributed by atoms with van der Waals surface area (Å²) in [4.78, 5) is 21.5. The van der Waals surface area contributed by atoms with Crippen LogP contribution in [0.4, 0.5) is 0 Å². The van der Waals surface area contributed by atoms with E-state index >= 15 is 0 Å². The number of rotatable bonds is 2. The maximum Gasteiger partial charge on any atom is 0.259 e. The molecule has 3 rings (SSSR count). The highest BCUT2D eigenvalue weighted by Crippen LogP contribution is 2.31. The summed E-state index contributed by atoms with van der Waals surface area (Å²) < 4.78 is 8.09. The first-order valence-corrected chi connectivity index (χ1v) is 7.78. The molecule has 0 aromatic carbocycles. The van der Waals surface area contributed by atoms with Crippen LogP contribution < -0.4 is 5.56 Å². The van der Waals surface area contributed by atoms with Crippen molar-refractivity contribution in [1.29, 1.82) is 0 Å². The van der Waals surface area contributed by atoms with E-state index < -0.39 is 0 Å². The van der Waals surface area contributed by atoms with Gasteiger partial charge in [-0.3, -0.25) is 4.79 Å². The average Bonchev–Trinajstić information content (AvgIpc) is 2.96. The van der Waals surface area contributed by atoms with Crippen molar-refractivity contribution >= 4 is 33.3 Å². The number of hydrogen-bond donors (Lipinski definition) is 1.